The molecule has 0 heterocycles. The minimum atomic E-state index is -0.772. The zero-order valence-corrected chi connectivity index (χ0v) is 40.9. The summed E-state index contributed by atoms with van der Waals surface area (Å²) in [5, 5.41) is 9.62. The van der Waals surface area contributed by atoms with Gasteiger partial charge in [0.25, 0.3) is 0 Å². The fraction of sp³-hybridized carbons (Fsp3) is 0.754. The quantitative estimate of drug-likeness (QED) is 0.0375. The largest absolute Gasteiger partial charge is 0.462 e. The van der Waals surface area contributed by atoms with Crippen molar-refractivity contribution in [3.8, 4) is 0 Å². The summed E-state index contributed by atoms with van der Waals surface area (Å²) in [7, 11) is 0. The average molecular weight is 865 g/mol. The highest BCUT2D eigenvalue weighted by atomic mass is 16.6. The number of hydrogen-bond donors (Lipinski definition) is 1. The molecule has 1 N–H and O–H groups in total. The summed E-state index contributed by atoms with van der Waals surface area (Å²) in [4.78, 5) is 24.4. The molecule has 0 aromatic rings. The minimum Gasteiger partial charge on any atom is -0.462 e. The van der Waals surface area contributed by atoms with Gasteiger partial charge in [-0.25, -0.2) is 0 Å². The molecule has 1 atom stereocenters. The maximum atomic E-state index is 12.3. The standard InChI is InChI=1S/C57H100O5/c1-3-5-7-9-11-13-15-17-19-20-21-22-23-24-25-26-27-28-29-30-31-32-33-34-35-36-38-40-42-44-46-48-50-52-57(60)62-55(53-58)54-61-56(59)51-49-47-45-43-41-39-37-18-16-14-12-10-8-6-4-2/h5,7,11,13,17,19,21-22,24-25,27-28,55,58H,3-4,6,8-10,12,14-16,18,20,23,26,29-54H2,1-2H3/b7-5-,13-11-,19-17-,22-21-,25-24-,28-27-. The van der Waals surface area contributed by atoms with Gasteiger partial charge in [0.05, 0.1) is 6.61 Å². The van der Waals surface area contributed by atoms with Crippen LogP contribution in [0.1, 0.15) is 258 Å². The van der Waals surface area contributed by atoms with Gasteiger partial charge in [0.2, 0.25) is 0 Å². The first-order chi connectivity index (χ1) is 30.6. The number of aliphatic hydroxyl groups is 1. The van der Waals surface area contributed by atoms with E-state index in [2.05, 4.69) is 86.8 Å². The first kappa shape index (κ1) is 59.3. The van der Waals surface area contributed by atoms with E-state index >= 15 is 0 Å². The fourth-order valence-corrected chi connectivity index (χ4v) is 7.56. The highest BCUT2D eigenvalue weighted by Gasteiger charge is 2.16. The molecule has 0 aliphatic carbocycles. The van der Waals surface area contributed by atoms with Gasteiger partial charge in [-0.15, -0.1) is 0 Å². The lowest BCUT2D eigenvalue weighted by Gasteiger charge is -2.15. The van der Waals surface area contributed by atoms with Crippen LogP contribution in [0.4, 0.5) is 0 Å². The lowest BCUT2D eigenvalue weighted by Crippen LogP contribution is -2.28. The van der Waals surface area contributed by atoms with Crippen LogP contribution in [-0.4, -0.2) is 36.4 Å². The van der Waals surface area contributed by atoms with E-state index < -0.39 is 6.10 Å². The van der Waals surface area contributed by atoms with Crippen molar-refractivity contribution in [3.63, 3.8) is 0 Å². The Kier molecular flexibility index (Phi) is 50.4. The zero-order chi connectivity index (χ0) is 44.9. The molecule has 1 unspecified atom stereocenters. The highest BCUT2D eigenvalue weighted by Crippen LogP contribution is 2.16. The predicted octanol–water partition coefficient (Wildman–Crippen LogP) is 17.6. The van der Waals surface area contributed by atoms with E-state index in [1.54, 1.807) is 0 Å². The van der Waals surface area contributed by atoms with Crippen LogP contribution in [0.5, 0.6) is 0 Å². The Morgan fingerprint density at radius 3 is 1.05 bits per heavy atom. The lowest BCUT2D eigenvalue weighted by molar-refractivity contribution is -0.161. The number of carbonyl (C=O) groups excluding carboxylic acids is 2. The Morgan fingerprint density at radius 2 is 0.694 bits per heavy atom. The molecule has 0 rings (SSSR count). The number of hydrogen-bond acceptors (Lipinski definition) is 5. The van der Waals surface area contributed by atoms with Gasteiger partial charge in [0, 0.05) is 12.8 Å². The van der Waals surface area contributed by atoms with E-state index in [4.69, 9.17) is 9.47 Å². The second-order valence-electron chi connectivity index (χ2n) is 17.6. The van der Waals surface area contributed by atoms with E-state index in [0.29, 0.717) is 12.8 Å². The van der Waals surface area contributed by atoms with Gasteiger partial charge in [0.1, 0.15) is 6.61 Å². The van der Waals surface area contributed by atoms with E-state index in [1.807, 2.05) is 0 Å². The normalized spacial score (nSPS) is 12.8. The Labute approximate surface area is 384 Å². The van der Waals surface area contributed by atoms with Gasteiger partial charge in [-0.3, -0.25) is 9.59 Å². The summed E-state index contributed by atoms with van der Waals surface area (Å²) in [5.74, 6) is -0.583. The molecule has 0 aromatic carbocycles. The van der Waals surface area contributed by atoms with Gasteiger partial charge in [-0.2, -0.15) is 0 Å². The molecule has 62 heavy (non-hydrogen) atoms. The van der Waals surface area contributed by atoms with Gasteiger partial charge >= 0.3 is 11.9 Å². The van der Waals surface area contributed by atoms with Crippen molar-refractivity contribution in [3.05, 3.63) is 72.9 Å². The molecule has 358 valence electrons. The molecule has 5 heteroatoms. The molecule has 0 aliphatic heterocycles. The van der Waals surface area contributed by atoms with Crippen molar-refractivity contribution in [1.29, 1.82) is 0 Å². The summed E-state index contributed by atoms with van der Waals surface area (Å²) in [5.41, 5.74) is 0. The lowest BCUT2D eigenvalue weighted by atomic mass is 10.0. The molecular weight excluding hydrogens is 765 g/mol. The smallest absolute Gasteiger partial charge is 0.306 e. The van der Waals surface area contributed by atoms with Crippen molar-refractivity contribution >= 4 is 11.9 Å². The topological polar surface area (TPSA) is 72.8 Å². The van der Waals surface area contributed by atoms with Crippen LogP contribution >= 0.6 is 0 Å². The Balaban J connectivity index is 3.49. The van der Waals surface area contributed by atoms with Crippen LogP contribution in [0.3, 0.4) is 0 Å². The minimum absolute atomic E-state index is 0.0639. The average Bonchev–Trinajstić information content (AvgIpc) is 3.28. The van der Waals surface area contributed by atoms with Crippen molar-refractivity contribution < 1.29 is 24.2 Å². The summed E-state index contributed by atoms with van der Waals surface area (Å²) >= 11 is 0. The number of carbonyl (C=O) groups is 2. The van der Waals surface area contributed by atoms with Crippen molar-refractivity contribution in [1.82, 2.24) is 0 Å². The number of esters is 2. The molecule has 0 saturated carbocycles. The maximum absolute atomic E-state index is 12.3. The maximum Gasteiger partial charge on any atom is 0.306 e. The van der Waals surface area contributed by atoms with Gasteiger partial charge < -0.3 is 14.6 Å². The van der Waals surface area contributed by atoms with Gasteiger partial charge in [0.15, 0.2) is 6.10 Å². The third kappa shape index (κ3) is 50.0. The molecule has 0 bridgehead atoms. The van der Waals surface area contributed by atoms with E-state index in [-0.39, 0.29) is 25.2 Å². The molecule has 5 nitrogen and oxygen atoms in total. The number of allylic oxidation sites excluding steroid dienone is 12. The van der Waals surface area contributed by atoms with Gasteiger partial charge in [-0.1, -0.05) is 254 Å². The van der Waals surface area contributed by atoms with Crippen LogP contribution < -0.4 is 0 Å². The van der Waals surface area contributed by atoms with E-state index in [0.717, 1.165) is 77.0 Å². The number of aliphatic hydroxyl groups excluding tert-OH is 1. The Morgan fingerprint density at radius 1 is 0.387 bits per heavy atom. The SMILES string of the molecule is CC/C=C\C/C=C\C/C=C\C/C=C\C/C=C\C/C=C\CCCCCCCCCCCCCCCCC(=O)OC(CO)COC(=O)CCCCCCCCCCCCCCCCC. The zero-order valence-electron chi connectivity index (χ0n) is 40.9. The third-order valence-electron chi connectivity index (χ3n) is 11.5. The molecule has 0 radical (unpaired) electrons. The number of ether oxygens (including phenoxy) is 2. The molecule has 0 aromatic heterocycles. The van der Waals surface area contributed by atoms with Crippen LogP contribution in [0.2, 0.25) is 0 Å². The second-order valence-corrected chi connectivity index (χ2v) is 17.6. The first-order valence-electron chi connectivity index (χ1n) is 26.5. The number of unbranched alkanes of at least 4 members (excludes halogenated alkanes) is 28. The molecular formula is C57H100O5. The van der Waals surface area contributed by atoms with E-state index in [9.17, 15) is 14.7 Å². The van der Waals surface area contributed by atoms with Crippen molar-refractivity contribution in [2.75, 3.05) is 13.2 Å². The van der Waals surface area contributed by atoms with Crippen LogP contribution in [0.15, 0.2) is 72.9 Å². The Bertz CT molecular complexity index is 1110. The van der Waals surface area contributed by atoms with Crippen LogP contribution in [0.25, 0.3) is 0 Å². The molecule has 0 spiro atoms. The van der Waals surface area contributed by atoms with Crippen LogP contribution in [0, 0.1) is 0 Å². The van der Waals surface area contributed by atoms with Crippen molar-refractivity contribution in [2.45, 2.75) is 264 Å². The Hall–Kier alpha value is -2.66. The second kappa shape index (κ2) is 52.7. The fourth-order valence-electron chi connectivity index (χ4n) is 7.56. The molecule has 0 aliphatic rings. The summed E-state index contributed by atoms with van der Waals surface area (Å²) in [6, 6.07) is 0. The highest BCUT2D eigenvalue weighted by molar-refractivity contribution is 5.70. The molecule has 0 amide bonds. The summed E-state index contributed by atoms with van der Waals surface area (Å²) in [6.07, 6.45) is 71.5. The third-order valence-corrected chi connectivity index (χ3v) is 11.5. The molecule has 0 saturated heterocycles. The predicted molar refractivity (Wildman–Crippen MR) is 270 cm³/mol. The molecule has 0 fully saturated rings. The number of rotatable bonds is 48. The summed E-state index contributed by atoms with van der Waals surface area (Å²) < 4.78 is 10.7. The van der Waals surface area contributed by atoms with Crippen LogP contribution in [-0.2, 0) is 19.1 Å². The van der Waals surface area contributed by atoms with Gasteiger partial charge in [-0.05, 0) is 64.2 Å². The van der Waals surface area contributed by atoms with E-state index in [1.165, 1.54) is 154 Å². The monoisotopic (exact) mass is 865 g/mol. The summed E-state index contributed by atoms with van der Waals surface area (Å²) in [6.45, 7) is 4.04. The van der Waals surface area contributed by atoms with Crippen molar-refractivity contribution in [2.24, 2.45) is 0 Å². The first-order valence-corrected chi connectivity index (χ1v) is 26.5.